The highest BCUT2D eigenvalue weighted by molar-refractivity contribution is 5.48. The van der Waals surface area contributed by atoms with Crippen molar-refractivity contribution in [2.45, 2.75) is 20.3 Å². The van der Waals surface area contributed by atoms with E-state index in [0.717, 1.165) is 38.7 Å². The van der Waals surface area contributed by atoms with Gasteiger partial charge in [-0.05, 0) is 43.5 Å². The van der Waals surface area contributed by atoms with Gasteiger partial charge < -0.3 is 10.2 Å². The summed E-state index contributed by atoms with van der Waals surface area (Å²) in [5, 5.41) is 3.44. The van der Waals surface area contributed by atoms with Crippen LogP contribution in [0.4, 0.5) is 14.5 Å². The number of halogens is 2. The summed E-state index contributed by atoms with van der Waals surface area (Å²) in [5.41, 5.74) is 0.521. The minimum absolute atomic E-state index is 0.462. The second-order valence-corrected chi connectivity index (χ2v) is 5.75. The van der Waals surface area contributed by atoms with Crippen molar-refractivity contribution < 1.29 is 8.78 Å². The summed E-state index contributed by atoms with van der Waals surface area (Å²) >= 11 is 0. The number of hydrogen-bond donors (Lipinski definition) is 1. The first-order valence-electron chi connectivity index (χ1n) is 6.97. The lowest BCUT2D eigenvalue weighted by atomic mass is 10.1. The fourth-order valence-electron chi connectivity index (χ4n) is 2.53. The molecule has 0 spiro atoms. The summed E-state index contributed by atoms with van der Waals surface area (Å²) in [6.45, 7) is 8.03. The van der Waals surface area contributed by atoms with E-state index < -0.39 is 11.6 Å². The van der Waals surface area contributed by atoms with Crippen LogP contribution in [-0.4, -0.2) is 26.2 Å². The molecule has 1 unspecified atom stereocenters. The van der Waals surface area contributed by atoms with Gasteiger partial charge in [0.15, 0.2) is 0 Å². The number of nitrogens with zero attached hydrogens (tertiary/aromatic N) is 1. The van der Waals surface area contributed by atoms with E-state index in [2.05, 4.69) is 19.2 Å². The molecule has 0 bridgehead atoms. The average molecular weight is 268 g/mol. The van der Waals surface area contributed by atoms with Gasteiger partial charge >= 0.3 is 0 Å². The molecule has 1 aliphatic rings. The number of hydrogen-bond acceptors (Lipinski definition) is 2. The van der Waals surface area contributed by atoms with E-state index in [1.165, 1.54) is 12.1 Å². The molecule has 1 aromatic carbocycles. The van der Waals surface area contributed by atoms with Crippen LogP contribution in [0.3, 0.4) is 0 Å². The summed E-state index contributed by atoms with van der Waals surface area (Å²) in [6, 6.07) is 3.82. The molecule has 4 heteroatoms. The summed E-state index contributed by atoms with van der Waals surface area (Å²) in [4.78, 5) is 2.01. The van der Waals surface area contributed by atoms with Crippen molar-refractivity contribution in [3.63, 3.8) is 0 Å². The Labute approximate surface area is 113 Å². The number of nitrogens with one attached hydrogen (secondary N) is 1. The van der Waals surface area contributed by atoms with Gasteiger partial charge in [-0.15, -0.1) is 0 Å². The third kappa shape index (κ3) is 3.90. The van der Waals surface area contributed by atoms with Crippen LogP contribution >= 0.6 is 0 Å². The number of benzene rings is 1. The fraction of sp³-hybridized carbons (Fsp3) is 0.600. The molecule has 0 saturated carbocycles. The summed E-state index contributed by atoms with van der Waals surface area (Å²) in [6.07, 6.45) is 1.06. The third-order valence-electron chi connectivity index (χ3n) is 3.52. The topological polar surface area (TPSA) is 15.3 Å². The molecule has 1 fully saturated rings. The van der Waals surface area contributed by atoms with Gasteiger partial charge in [0.25, 0.3) is 0 Å². The fourth-order valence-corrected chi connectivity index (χ4v) is 2.53. The maximum Gasteiger partial charge on any atom is 0.149 e. The number of anilines is 1. The SMILES string of the molecule is CC(C)CNCC1CCN(c2ccc(F)cc2F)C1. The molecular weight excluding hydrogens is 246 g/mol. The predicted octanol–water partition coefficient (Wildman–Crippen LogP) is 3.04. The molecule has 0 aliphatic carbocycles. The normalized spacial score (nSPS) is 19.4. The van der Waals surface area contributed by atoms with Gasteiger partial charge in [0.05, 0.1) is 5.69 Å². The van der Waals surface area contributed by atoms with E-state index in [4.69, 9.17) is 0 Å². The number of rotatable bonds is 5. The maximum absolute atomic E-state index is 13.7. The van der Waals surface area contributed by atoms with Gasteiger partial charge in [0.2, 0.25) is 0 Å². The molecule has 0 radical (unpaired) electrons. The Bertz CT molecular complexity index is 421. The standard InChI is InChI=1S/C15H22F2N2/c1-11(2)8-18-9-12-5-6-19(10-12)15-4-3-13(16)7-14(15)17/h3-4,7,11-12,18H,5-6,8-10H2,1-2H3. The van der Waals surface area contributed by atoms with Crippen molar-refractivity contribution in [2.24, 2.45) is 11.8 Å². The zero-order chi connectivity index (χ0) is 13.8. The Morgan fingerprint density at radius 1 is 1.37 bits per heavy atom. The quantitative estimate of drug-likeness (QED) is 0.883. The van der Waals surface area contributed by atoms with Crippen molar-refractivity contribution in [3.8, 4) is 0 Å². The van der Waals surface area contributed by atoms with Gasteiger partial charge in [-0.1, -0.05) is 13.8 Å². The van der Waals surface area contributed by atoms with Crippen LogP contribution in [0.25, 0.3) is 0 Å². The maximum atomic E-state index is 13.7. The molecule has 106 valence electrons. The van der Waals surface area contributed by atoms with Crippen LogP contribution < -0.4 is 10.2 Å². The molecule has 0 amide bonds. The summed E-state index contributed by atoms with van der Waals surface area (Å²) in [5.74, 6) is 0.210. The van der Waals surface area contributed by atoms with E-state index in [-0.39, 0.29) is 0 Å². The highest BCUT2D eigenvalue weighted by Crippen LogP contribution is 2.26. The Morgan fingerprint density at radius 3 is 2.84 bits per heavy atom. The largest absolute Gasteiger partial charge is 0.369 e. The van der Waals surface area contributed by atoms with E-state index in [1.54, 1.807) is 0 Å². The van der Waals surface area contributed by atoms with Crippen molar-refractivity contribution in [1.82, 2.24) is 5.32 Å². The Kier molecular flexibility index (Phi) is 4.75. The summed E-state index contributed by atoms with van der Waals surface area (Å²) in [7, 11) is 0. The minimum Gasteiger partial charge on any atom is -0.369 e. The lowest BCUT2D eigenvalue weighted by molar-refractivity contribution is 0.477. The third-order valence-corrected chi connectivity index (χ3v) is 3.52. The highest BCUT2D eigenvalue weighted by Gasteiger charge is 2.24. The second kappa shape index (κ2) is 6.33. The van der Waals surface area contributed by atoms with E-state index >= 15 is 0 Å². The first-order valence-corrected chi connectivity index (χ1v) is 6.97. The van der Waals surface area contributed by atoms with Gasteiger partial charge in [-0.3, -0.25) is 0 Å². The molecule has 1 aromatic rings. The van der Waals surface area contributed by atoms with Crippen LogP contribution in [0.15, 0.2) is 18.2 Å². The van der Waals surface area contributed by atoms with Crippen molar-refractivity contribution in [3.05, 3.63) is 29.8 Å². The molecule has 1 saturated heterocycles. The Hall–Kier alpha value is -1.16. The minimum atomic E-state index is -0.518. The van der Waals surface area contributed by atoms with E-state index in [9.17, 15) is 8.78 Å². The van der Waals surface area contributed by atoms with Crippen LogP contribution in [-0.2, 0) is 0 Å². The molecule has 2 rings (SSSR count). The molecule has 1 aliphatic heterocycles. The molecule has 2 nitrogen and oxygen atoms in total. The zero-order valence-electron chi connectivity index (χ0n) is 11.6. The van der Waals surface area contributed by atoms with Crippen LogP contribution in [0, 0.1) is 23.5 Å². The molecule has 1 N–H and O–H groups in total. The molecule has 1 atom stereocenters. The van der Waals surface area contributed by atoms with Crippen molar-refractivity contribution in [1.29, 1.82) is 0 Å². The first-order chi connectivity index (χ1) is 9.06. The smallest absolute Gasteiger partial charge is 0.149 e. The van der Waals surface area contributed by atoms with Crippen LogP contribution in [0.2, 0.25) is 0 Å². The van der Waals surface area contributed by atoms with E-state index in [0.29, 0.717) is 17.5 Å². The molecule has 0 aromatic heterocycles. The van der Waals surface area contributed by atoms with Gasteiger partial charge in [-0.2, -0.15) is 0 Å². The van der Waals surface area contributed by atoms with Crippen LogP contribution in [0.5, 0.6) is 0 Å². The van der Waals surface area contributed by atoms with Gasteiger partial charge in [0, 0.05) is 19.2 Å². The molecular formula is C15H22F2N2. The molecule has 1 heterocycles. The highest BCUT2D eigenvalue weighted by atomic mass is 19.1. The average Bonchev–Trinajstić information content (AvgIpc) is 2.77. The van der Waals surface area contributed by atoms with Gasteiger partial charge in [0.1, 0.15) is 11.6 Å². The first kappa shape index (κ1) is 14.3. The van der Waals surface area contributed by atoms with Crippen LogP contribution in [0.1, 0.15) is 20.3 Å². The summed E-state index contributed by atoms with van der Waals surface area (Å²) < 4.78 is 26.6. The van der Waals surface area contributed by atoms with Gasteiger partial charge in [-0.25, -0.2) is 8.78 Å². The monoisotopic (exact) mass is 268 g/mol. The Balaban J connectivity index is 1.87. The lowest BCUT2D eigenvalue weighted by Gasteiger charge is -2.19. The van der Waals surface area contributed by atoms with E-state index in [1.807, 2.05) is 4.90 Å². The lowest BCUT2D eigenvalue weighted by Crippen LogP contribution is -2.29. The van der Waals surface area contributed by atoms with Crippen molar-refractivity contribution in [2.75, 3.05) is 31.1 Å². The second-order valence-electron chi connectivity index (χ2n) is 5.75. The predicted molar refractivity (Wildman–Crippen MR) is 74.4 cm³/mol. The molecule has 19 heavy (non-hydrogen) atoms. The van der Waals surface area contributed by atoms with Crippen molar-refractivity contribution >= 4 is 5.69 Å². The Morgan fingerprint density at radius 2 is 2.16 bits per heavy atom. The zero-order valence-corrected chi connectivity index (χ0v) is 11.6.